The minimum Gasteiger partial charge on any atom is -0.497 e. The molecule has 1 fully saturated rings. The van der Waals surface area contributed by atoms with Crippen LogP contribution in [0.5, 0.6) is 5.75 Å². The third-order valence-electron chi connectivity index (χ3n) is 3.62. The third-order valence-corrected chi connectivity index (χ3v) is 3.62. The number of ether oxygens (including phenoxy) is 1. The molecule has 1 aliphatic heterocycles. The zero-order valence-corrected chi connectivity index (χ0v) is 11.5. The predicted molar refractivity (Wildman–Crippen MR) is 73.4 cm³/mol. The number of aliphatic carboxylic acids is 1. The van der Waals surface area contributed by atoms with E-state index in [-0.39, 0.29) is 18.2 Å². The van der Waals surface area contributed by atoms with Crippen LogP contribution in [-0.2, 0) is 16.1 Å². The van der Waals surface area contributed by atoms with Gasteiger partial charge < -0.3 is 14.7 Å². The van der Waals surface area contributed by atoms with Crippen LogP contribution in [0.15, 0.2) is 24.3 Å². The largest absolute Gasteiger partial charge is 0.497 e. The molecular weight excluding hydrogens is 258 g/mol. The maximum atomic E-state index is 12.0. The van der Waals surface area contributed by atoms with Gasteiger partial charge in [-0.1, -0.05) is 12.1 Å². The number of rotatable bonds is 5. The Morgan fingerprint density at radius 1 is 1.40 bits per heavy atom. The third kappa shape index (κ3) is 3.73. The molecule has 1 aromatic rings. The Hall–Kier alpha value is -2.04. The van der Waals surface area contributed by atoms with E-state index in [0.717, 1.165) is 17.7 Å². The molecule has 108 valence electrons. The highest BCUT2D eigenvalue weighted by molar-refractivity contribution is 5.78. The lowest BCUT2D eigenvalue weighted by molar-refractivity contribution is -0.140. The Morgan fingerprint density at radius 3 is 2.65 bits per heavy atom. The molecule has 0 saturated carbocycles. The molecule has 1 saturated heterocycles. The van der Waals surface area contributed by atoms with Gasteiger partial charge in [-0.15, -0.1) is 0 Å². The maximum Gasteiger partial charge on any atom is 0.303 e. The van der Waals surface area contributed by atoms with Gasteiger partial charge in [-0.25, -0.2) is 0 Å². The molecule has 1 N–H and O–H groups in total. The number of methoxy groups -OCH3 is 1. The van der Waals surface area contributed by atoms with Crippen LogP contribution in [0, 0.1) is 5.92 Å². The van der Waals surface area contributed by atoms with Crippen molar-refractivity contribution in [2.75, 3.05) is 13.7 Å². The van der Waals surface area contributed by atoms with E-state index in [0.29, 0.717) is 19.5 Å². The summed E-state index contributed by atoms with van der Waals surface area (Å²) in [6, 6.07) is 7.62. The fourth-order valence-electron chi connectivity index (χ4n) is 2.48. The smallest absolute Gasteiger partial charge is 0.303 e. The van der Waals surface area contributed by atoms with Crippen LogP contribution < -0.4 is 4.74 Å². The van der Waals surface area contributed by atoms with Crippen LogP contribution in [0.3, 0.4) is 0 Å². The number of amides is 1. The van der Waals surface area contributed by atoms with Crippen LogP contribution in [-0.4, -0.2) is 35.5 Å². The zero-order valence-electron chi connectivity index (χ0n) is 11.5. The van der Waals surface area contributed by atoms with Crippen molar-refractivity contribution in [1.29, 1.82) is 0 Å². The molecule has 1 aliphatic rings. The molecule has 5 heteroatoms. The molecule has 1 atom stereocenters. The molecule has 0 spiro atoms. The van der Waals surface area contributed by atoms with Crippen molar-refractivity contribution in [1.82, 2.24) is 4.90 Å². The van der Waals surface area contributed by atoms with Gasteiger partial charge in [0.2, 0.25) is 5.91 Å². The first-order valence-corrected chi connectivity index (χ1v) is 6.71. The number of carboxylic acids is 1. The lowest BCUT2D eigenvalue weighted by Gasteiger charge is -2.31. The van der Waals surface area contributed by atoms with Gasteiger partial charge in [0.25, 0.3) is 0 Å². The number of carbonyl (C=O) groups is 2. The Kier molecular flexibility index (Phi) is 4.61. The van der Waals surface area contributed by atoms with E-state index in [1.807, 2.05) is 24.3 Å². The summed E-state index contributed by atoms with van der Waals surface area (Å²) in [6.45, 7) is 1.20. The molecule has 1 aromatic carbocycles. The predicted octanol–water partition coefficient (Wildman–Crippen LogP) is 1.91. The quantitative estimate of drug-likeness (QED) is 0.892. The van der Waals surface area contributed by atoms with E-state index >= 15 is 0 Å². The van der Waals surface area contributed by atoms with Crippen molar-refractivity contribution in [3.05, 3.63) is 29.8 Å². The monoisotopic (exact) mass is 277 g/mol. The Labute approximate surface area is 118 Å². The summed E-state index contributed by atoms with van der Waals surface area (Å²) in [5, 5.41) is 8.77. The molecule has 0 aliphatic carbocycles. The second-order valence-electron chi connectivity index (χ2n) is 5.12. The van der Waals surface area contributed by atoms with E-state index in [1.165, 1.54) is 0 Å². The van der Waals surface area contributed by atoms with Gasteiger partial charge in [0.05, 0.1) is 7.11 Å². The van der Waals surface area contributed by atoms with E-state index < -0.39 is 5.97 Å². The van der Waals surface area contributed by atoms with Crippen molar-refractivity contribution in [2.45, 2.75) is 25.8 Å². The van der Waals surface area contributed by atoms with Crippen LogP contribution in [0.4, 0.5) is 0 Å². The number of carboxylic acid groups (broad SMARTS) is 1. The second-order valence-corrected chi connectivity index (χ2v) is 5.12. The summed E-state index contributed by atoms with van der Waals surface area (Å²) in [5.74, 6) is -0.0166. The molecule has 5 nitrogen and oxygen atoms in total. The molecular formula is C15H19NO4. The summed E-state index contributed by atoms with van der Waals surface area (Å²) < 4.78 is 5.10. The van der Waals surface area contributed by atoms with Crippen LogP contribution >= 0.6 is 0 Å². The zero-order chi connectivity index (χ0) is 14.5. The van der Waals surface area contributed by atoms with Crippen LogP contribution in [0.25, 0.3) is 0 Å². The number of nitrogens with zero attached hydrogens (tertiary/aromatic N) is 1. The summed E-state index contributed by atoms with van der Waals surface area (Å²) in [7, 11) is 1.62. The highest BCUT2D eigenvalue weighted by Crippen LogP contribution is 2.23. The first kappa shape index (κ1) is 14.4. The summed E-state index contributed by atoms with van der Waals surface area (Å²) in [4.78, 5) is 24.5. The average molecular weight is 277 g/mol. The van der Waals surface area contributed by atoms with Gasteiger partial charge in [-0.2, -0.15) is 0 Å². The SMILES string of the molecule is COc1ccc(CN2CCC(CC(=O)O)CC2=O)cc1. The number of piperidine rings is 1. The molecule has 0 aromatic heterocycles. The van der Waals surface area contributed by atoms with Gasteiger partial charge in [-0.3, -0.25) is 9.59 Å². The van der Waals surface area contributed by atoms with Crippen molar-refractivity contribution < 1.29 is 19.4 Å². The van der Waals surface area contributed by atoms with Gasteiger partial charge >= 0.3 is 5.97 Å². The van der Waals surface area contributed by atoms with Gasteiger partial charge in [0.1, 0.15) is 5.75 Å². The lowest BCUT2D eigenvalue weighted by atomic mass is 9.93. The topological polar surface area (TPSA) is 66.8 Å². The molecule has 1 heterocycles. The van der Waals surface area contributed by atoms with Crippen molar-refractivity contribution in [3.63, 3.8) is 0 Å². The summed E-state index contributed by atoms with van der Waals surface area (Å²) in [6.07, 6.45) is 1.18. The fourth-order valence-corrected chi connectivity index (χ4v) is 2.48. The van der Waals surface area contributed by atoms with Crippen LogP contribution in [0.2, 0.25) is 0 Å². The highest BCUT2D eigenvalue weighted by Gasteiger charge is 2.27. The Bertz CT molecular complexity index is 483. The molecule has 20 heavy (non-hydrogen) atoms. The average Bonchev–Trinajstić information content (AvgIpc) is 2.42. The number of hydrogen-bond donors (Lipinski definition) is 1. The number of carbonyl (C=O) groups excluding carboxylic acids is 1. The molecule has 0 bridgehead atoms. The van der Waals surface area contributed by atoms with E-state index in [2.05, 4.69) is 0 Å². The lowest BCUT2D eigenvalue weighted by Crippen LogP contribution is -2.38. The number of hydrogen-bond acceptors (Lipinski definition) is 3. The maximum absolute atomic E-state index is 12.0. The van der Waals surface area contributed by atoms with Crippen molar-refractivity contribution in [3.8, 4) is 5.75 Å². The first-order valence-electron chi connectivity index (χ1n) is 6.71. The van der Waals surface area contributed by atoms with Gasteiger partial charge in [0, 0.05) is 25.9 Å². The first-order chi connectivity index (χ1) is 9.58. The van der Waals surface area contributed by atoms with E-state index in [1.54, 1.807) is 12.0 Å². The Balaban J connectivity index is 1.90. The normalized spacial score (nSPS) is 18.9. The van der Waals surface area contributed by atoms with Crippen molar-refractivity contribution >= 4 is 11.9 Å². The number of benzene rings is 1. The van der Waals surface area contributed by atoms with Gasteiger partial charge in [-0.05, 0) is 30.0 Å². The highest BCUT2D eigenvalue weighted by atomic mass is 16.5. The van der Waals surface area contributed by atoms with Gasteiger partial charge in [0.15, 0.2) is 0 Å². The molecule has 1 amide bonds. The standard InChI is InChI=1S/C15H19NO4/c1-20-13-4-2-11(3-5-13)10-16-7-6-12(8-14(16)17)9-15(18)19/h2-5,12H,6-10H2,1H3,(H,18,19). The fraction of sp³-hybridized carbons (Fsp3) is 0.467. The second kappa shape index (κ2) is 6.41. The Morgan fingerprint density at radius 2 is 2.10 bits per heavy atom. The number of likely N-dealkylation sites (tertiary alicyclic amines) is 1. The summed E-state index contributed by atoms with van der Waals surface area (Å²) in [5.41, 5.74) is 1.05. The summed E-state index contributed by atoms with van der Waals surface area (Å²) >= 11 is 0. The van der Waals surface area contributed by atoms with E-state index in [9.17, 15) is 9.59 Å². The van der Waals surface area contributed by atoms with E-state index in [4.69, 9.17) is 9.84 Å². The minimum atomic E-state index is -0.827. The van der Waals surface area contributed by atoms with Crippen molar-refractivity contribution in [2.24, 2.45) is 5.92 Å². The van der Waals surface area contributed by atoms with Crippen LogP contribution in [0.1, 0.15) is 24.8 Å². The molecule has 1 unspecified atom stereocenters. The minimum absolute atomic E-state index is 0.0212. The molecule has 2 rings (SSSR count). The molecule has 0 radical (unpaired) electrons.